The van der Waals surface area contributed by atoms with Crippen LogP contribution in [0, 0.1) is 0 Å². The van der Waals surface area contributed by atoms with Crippen molar-refractivity contribution in [1.29, 1.82) is 0 Å². The fraction of sp³-hybridized carbons (Fsp3) is 0.143. The van der Waals surface area contributed by atoms with Crippen LogP contribution in [0.5, 0.6) is 0 Å². The first-order valence-corrected chi connectivity index (χ1v) is 6.38. The molecule has 3 aromatic rings. The van der Waals surface area contributed by atoms with Crippen molar-refractivity contribution in [3.05, 3.63) is 46.5 Å². The van der Waals surface area contributed by atoms with Gasteiger partial charge in [-0.2, -0.15) is 5.10 Å². The highest BCUT2D eigenvalue weighted by atomic mass is 16.4. The molecule has 2 N–H and O–H groups in total. The zero-order valence-electron chi connectivity index (χ0n) is 11.2. The van der Waals surface area contributed by atoms with Gasteiger partial charge in [-0.1, -0.05) is 0 Å². The molecule has 0 aliphatic rings. The van der Waals surface area contributed by atoms with Crippen LogP contribution in [-0.4, -0.2) is 30.8 Å². The van der Waals surface area contributed by atoms with Gasteiger partial charge >= 0.3 is 5.97 Å². The summed E-state index contributed by atoms with van der Waals surface area (Å²) in [5.41, 5.74) is 1.16. The summed E-state index contributed by atoms with van der Waals surface area (Å²) in [5.74, 6) is -1.23. The molecule has 7 heteroatoms. The fourth-order valence-electron chi connectivity index (χ4n) is 2.21. The Kier molecular flexibility index (Phi) is 3.02. The molecule has 3 aromatic heterocycles. The summed E-state index contributed by atoms with van der Waals surface area (Å²) in [6, 6.07) is 3.28. The first-order chi connectivity index (χ1) is 10.1. The smallest absolute Gasteiger partial charge is 0.341 e. The summed E-state index contributed by atoms with van der Waals surface area (Å²) in [6.45, 7) is 2.38. The molecule has 0 spiro atoms. The van der Waals surface area contributed by atoms with Gasteiger partial charge in [0.15, 0.2) is 0 Å². The maximum absolute atomic E-state index is 12.2. The number of pyridine rings is 2. The van der Waals surface area contributed by atoms with E-state index in [4.69, 9.17) is 5.11 Å². The van der Waals surface area contributed by atoms with E-state index in [0.717, 1.165) is 5.56 Å². The average molecular weight is 284 g/mol. The Morgan fingerprint density at radius 2 is 2.24 bits per heavy atom. The predicted octanol–water partition coefficient (Wildman–Crippen LogP) is 1.50. The highest BCUT2D eigenvalue weighted by molar-refractivity contribution is 5.92. The maximum Gasteiger partial charge on any atom is 0.341 e. The lowest BCUT2D eigenvalue weighted by molar-refractivity contribution is 0.0695. The lowest BCUT2D eigenvalue weighted by Crippen LogP contribution is -2.19. The number of H-pyrrole nitrogens is 1. The topological polar surface area (TPSA) is 101 Å². The molecule has 0 aliphatic carbocycles. The molecule has 0 fully saturated rings. The summed E-state index contributed by atoms with van der Waals surface area (Å²) in [4.78, 5) is 27.8. The highest BCUT2D eigenvalue weighted by Gasteiger charge is 2.15. The predicted molar refractivity (Wildman–Crippen MR) is 76.2 cm³/mol. The minimum absolute atomic E-state index is 0.248. The van der Waals surface area contributed by atoms with Gasteiger partial charge in [0, 0.05) is 24.5 Å². The van der Waals surface area contributed by atoms with Crippen LogP contribution in [0.25, 0.3) is 22.3 Å². The van der Waals surface area contributed by atoms with E-state index < -0.39 is 11.4 Å². The number of aryl methyl sites for hydroxylation is 1. The van der Waals surface area contributed by atoms with Crippen LogP contribution >= 0.6 is 0 Å². The van der Waals surface area contributed by atoms with Crippen LogP contribution < -0.4 is 5.43 Å². The van der Waals surface area contributed by atoms with Crippen LogP contribution in [0.1, 0.15) is 17.3 Å². The number of carbonyl (C=O) groups is 1. The number of fused-ring (bicyclic) bond motifs is 1. The molecule has 0 saturated heterocycles. The first-order valence-electron chi connectivity index (χ1n) is 6.38. The van der Waals surface area contributed by atoms with Crippen molar-refractivity contribution in [2.24, 2.45) is 0 Å². The molecule has 0 radical (unpaired) electrons. The highest BCUT2D eigenvalue weighted by Crippen LogP contribution is 2.18. The number of carboxylic acids is 1. The van der Waals surface area contributed by atoms with Crippen molar-refractivity contribution in [2.75, 3.05) is 0 Å². The van der Waals surface area contributed by atoms with Gasteiger partial charge in [-0.15, -0.1) is 0 Å². The number of nitrogens with zero attached hydrogens (tertiary/aromatic N) is 3. The van der Waals surface area contributed by atoms with Crippen molar-refractivity contribution < 1.29 is 9.90 Å². The van der Waals surface area contributed by atoms with Crippen LogP contribution in [0.3, 0.4) is 0 Å². The van der Waals surface area contributed by atoms with Gasteiger partial charge < -0.3 is 9.67 Å². The van der Waals surface area contributed by atoms with Crippen LogP contribution in [0.2, 0.25) is 0 Å². The number of carboxylic acid groups (broad SMARTS) is 1. The third kappa shape index (κ3) is 2.08. The molecule has 0 atom stereocenters. The number of aromatic nitrogens is 4. The van der Waals surface area contributed by atoms with Crippen LogP contribution in [-0.2, 0) is 6.54 Å². The summed E-state index contributed by atoms with van der Waals surface area (Å²) in [6.07, 6.45) is 4.67. The van der Waals surface area contributed by atoms with Crippen molar-refractivity contribution >= 4 is 17.0 Å². The average Bonchev–Trinajstić information content (AvgIpc) is 3.01. The van der Waals surface area contributed by atoms with Gasteiger partial charge in [0.1, 0.15) is 11.2 Å². The minimum atomic E-state index is -1.23. The Morgan fingerprint density at radius 3 is 2.86 bits per heavy atom. The molecule has 106 valence electrons. The Hall–Kier alpha value is -2.96. The van der Waals surface area contributed by atoms with Crippen molar-refractivity contribution in [1.82, 2.24) is 19.7 Å². The zero-order chi connectivity index (χ0) is 15.0. The van der Waals surface area contributed by atoms with Gasteiger partial charge in [0.25, 0.3) is 0 Å². The minimum Gasteiger partial charge on any atom is -0.477 e. The first kappa shape index (κ1) is 13.0. The lowest BCUT2D eigenvalue weighted by Gasteiger charge is -2.10. The third-order valence-electron chi connectivity index (χ3n) is 3.29. The van der Waals surface area contributed by atoms with Crippen molar-refractivity contribution in [3.8, 4) is 11.3 Å². The standard InChI is InChI=1S/C14H12N4O3/c1-2-18-7-10(14(20)21)12(19)9-3-4-11(17-13(9)18)8-5-15-16-6-8/h3-7H,2H2,1H3,(H,15,16)(H,20,21). The fourth-order valence-corrected chi connectivity index (χ4v) is 2.21. The number of aromatic amines is 1. The summed E-state index contributed by atoms with van der Waals surface area (Å²) in [5, 5.41) is 16.0. The molecule has 0 aromatic carbocycles. The van der Waals surface area contributed by atoms with Crippen LogP contribution in [0.4, 0.5) is 0 Å². The third-order valence-corrected chi connectivity index (χ3v) is 3.29. The van der Waals surface area contributed by atoms with E-state index in [1.807, 2.05) is 6.92 Å². The zero-order valence-corrected chi connectivity index (χ0v) is 11.2. The molecule has 0 amide bonds. The maximum atomic E-state index is 12.2. The van der Waals surface area contributed by atoms with E-state index in [0.29, 0.717) is 23.3 Å². The molecular weight excluding hydrogens is 272 g/mol. The Bertz CT molecular complexity index is 881. The molecule has 7 nitrogen and oxygen atoms in total. The van der Waals surface area contributed by atoms with Crippen molar-refractivity contribution in [2.45, 2.75) is 13.5 Å². The number of aromatic carboxylic acids is 1. The molecule has 21 heavy (non-hydrogen) atoms. The second kappa shape index (κ2) is 4.86. The molecular formula is C14H12N4O3. The van der Waals surface area contributed by atoms with E-state index in [1.165, 1.54) is 6.20 Å². The molecule has 3 heterocycles. The quantitative estimate of drug-likeness (QED) is 0.759. The molecule has 0 unspecified atom stereocenters. The number of hydrogen-bond donors (Lipinski definition) is 2. The van der Waals surface area contributed by atoms with Crippen molar-refractivity contribution in [3.63, 3.8) is 0 Å². The van der Waals surface area contributed by atoms with E-state index >= 15 is 0 Å². The second-order valence-electron chi connectivity index (χ2n) is 4.52. The van der Waals surface area contributed by atoms with Gasteiger partial charge in [-0.3, -0.25) is 9.89 Å². The molecule has 0 bridgehead atoms. The van der Waals surface area contributed by atoms with Gasteiger partial charge in [-0.25, -0.2) is 9.78 Å². The normalized spacial score (nSPS) is 10.9. The SMILES string of the molecule is CCn1cc(C(=O)O)c(=O)c2ccc(-c3cn[nH]c3)nc21. The summed E-state index contributed by atoms with van der Waals surface area (Å²) in [7, 11) is 0. The largest absolute Gasteiger partial charge is 0.477 e. The van der Waals surface area contributed by atoms with Gasteiger partial charge in [0.05, 0.1) is 17.3 Å². The van der Waals surface area contributed by atoms with E-state index in [1.54, 1.807) is 29.1 Å². The lowest BCUT2D eigenvalue weighted by atomic mass is 10.1. The molecule has 3 rings (SSSR count). The molecule has 0 aliphatic heterocycles. The number of hydrogen-bond acceptors (Lipinski definition) is 4. The Morgan fingerprint density at radius 1 is 1.43 bits per heavy atom. The molecule has 0 saturated carbocycles. The number of nitrogens with one attached hydrogen (secondary N) is 1. The van der Waals surface area contributed by atoms with Crippen LogP contribution in [0.15, 0.2) is 35.5 Å². The Labute approximate surface area is 118 Å². The van der Waals surface area contributed by atoms with Gasteiger partial charge in [-0.05, 0) is 19.1 Å². The van der Waals surface area contributed by atoms with Gasteiger partial charge in [0.2, 0.25) is 5.43 Å². The summed E-state index contributed by atoms with van der Waals surface area (Å²) < 4.78 is 1.66. The Balaban J connectivity index is 2.34. The summed E-state index contributed by atoms with van der Waals surface area (Å²) >= 11 is 0. The van der Waals surface area contributed by atoms with E-state index in [-0.39, 0.29) is 5.56 Å². The second-order valence-corrected chi connectivity index (χ2v) is 4.52. The number of rotatable bonds is 3. The van der Waals surface area contributed by atoms with E-state index in [2.05, 4.69) is 15.2 Å². The monoisotopic (exact) mass is 284 g/mol. The van der Waals surface area contributed by atoms with E-state index in [9.17, 15) is 9.59 Å².